The van der Waals surface area contributed by atoms with Crippen LogP contribution in [0.15, 0.2) is 24.3 Å². The summed E-state index contributed by atoms with van der Waals surface area (Å²) in [7, 11) is 2.01. The molecule has 2 aromatic rings. The standard InChI is InChI=1S/C14H19N3O2/c1-17-12-5-3-2-4-11(12)16-13(17)8-15-9-14(18)6-7-19-10-14/h2-5,15,18H,6-10H2,1H3. The van der Waals surface area contributed by atoms with Crippen LogP contribution >= 0.6 is 0 Å². The fourth-order valence-electron chi connectivity index (χ4n) is 2.50. The van der Waals surface area contributed by atoms with E-state index in [1.54, 1.807) is 0 Å². The molecule has 5 nitrogen and oxygen atoms in total. The minimum atomic E-state index is -0.718. The van der Waals surface area contributed by atoms with Gasteiger partial charge < -0.3 is 19.7 Å². The van der Waals surface area contributed by atoms with E-state index < -0.39 is 5.60 Å². The molecule has 5 heteroatoms. The maximum absolute atomic E-state index is 10.2. The van der Waals surface area contributed by atoms with E-state index >= 15 is 0 Å². The fraction of sp³-hybridized carbons (Fsp3) is 0.500. The van der Waals surface area contributed by atoms with Crippen LogP contribution in [0.4, 0.5) is 0 Å². The molecule has 0 aliphatic carbocycles. The Morgan fingerprint density at radius 3 is 3.05 bits per heavy atom. The Labute approximate surface area is 112 Å². The number of nitrogens with zero attached hydrogens (tertiary/aromatic N) is 2. The van der Waals surface area contributed by atoms with Crippen LogP contribution in [0, 0.1) is 0 Å². The largest absolute Gasteiger partial charge is 0.386 e. The van der Waals surface area contributed by atoms with Crippen molar-refractivity contribution in [1.29, 1.82) is 0 Å². The van der Waals surface area contributed by atoms with Crippen LogP contribution in [0.5, 0.6) is 0 Å². The molecule has 1 saturated heterocycles. The van der Waals surface area contributed by atoms with Gasteiger partial charge in [0.05, 0.1) is 24.2 Å². The minimum Gasteiger partial charge on any atom is -0.386 e. The summed E-state index contributed by atoms with van der Waals surface area (Å²) in [5.41, 5.74) is 1.41. The number of hydrogen-bond acceptors (Lipinski definition) is 4. The number of imidazole rings is 1. The highest BCUT2D eigenvalue weighted by Crippen LogP contribution is 2.18. The van der Waals surface area contributed by atoms with Gasteiger partial charge in [0.15, 0.2) is 0 Å². The van der Waals surface area contributed by atoms with Gasteiger partial charge in [-0.1, -0.05) is 12.1 Å². The van der Waals surface area contributed by atoms with Gasteiger partial charge in [-0.15, -0.1) is 0 Å². The van der Waals surface area contributed by atoms with Crippen LogP contribution in [-0.4, -0.2) is 40.0 Å². The number of hydrogen-bond donors (Lipinski definition) is 2. The summed E-state index contributed by atoms with van der Waals surface area (Å²) in [6, 6.07) is 8.08. The van der Waals surface area contributed by atoms with Crippen LogP contribution in [-0.2, 0) is 18.3 Å². The van der Waals surface area contributed by atoms with Gasteiger partial charge in [-0.05, 0) is 12.1 Å². The summed E-state index contributed by atoms with van der Waals surface area (Å²) in [6.07, 6.45) is 0.697. The van der Waals surface area contributed by atoms with Crippen molar-refractivity contribution in [3.05, 3.63) is 30.1 Å². The normalized spacial score (nSPS) is 23.3. The molecule has 1 unspecified atom stereocenters. The van der Waals surface area contributed by atoms with Gasteiger partial charge >= 0.3 is 0 Å². The number of aromatic nitrogens is 2. The van der Waals surface area contributed by atoms with Crippen LogP contribution in [0.1, 0.15) is 12.2 Å². The lowest BCUT2D eigenvalue weighted by molar-refractivity contribution is 0.0267. The monoisotopic (exact) mass is 261 g/mol. The number of benzene rings is 1. The van der Waals surface area contributed by atoms with E-state index in [0.717, 1.165) is 16.9 Å². The first-order valence-corrected chi connectivity index (χ1v) is 6.59. The average molecular weight is 261 g/mol. The predicted molar refractivity (Wildman–Crippen MR) is 72.8 cm³/mol. The van der Waals surface area contributed by atoms with Crippen molar-refractivity contribution >= 4 is 11.0 Å². The summed E-state index contributed by atoms with van der Waals surface area (Å²) in [5, 5.41) is 13.4. The zero-order valence-corrected chi connectivity index (χ0v) is 11.1. The third kappa shape index (κ3) is 2.49. The molecule has 1 aromatic heterocycles. The first kappa shape index (κ1) is 12.6. The summed E-state index contributed by atoms with van der Waals surface area (Å²) in [6.45, 7) is 2.25. The van der Waals surface area contributed by atoms with Crippen LogP contribution < -0.4 is 5.32 Å². The Morgan fingerprint density at radius 2 is 2.32 bits per heavy atom. The van der Waals surface area contributed by atoms with Gasteiger partial charge in [0.25, 0.3) is 0 Å². The lowest BCUT2D eigenvalue weighted by atomic mass is 10.0. The quantitative estimate of drug-likeness (QED) is 0.855. The second kappa shape index (κ2) is 4.92. The highest BCUT2D eigenvalue weighted by atomic mass is 16.5. The van der Waals surface area contributed by atoms with Gasteiger partial charge in [-0.3, -0.25) is 0 Å². The van der Waals surface area contributed by atoms with E-state index in [2.05, 4.69) is 20.9 Å². The number of fused-ring (bicyclic) bond motifs is 1. The number of para-hydroxylation sites is 2. The number of aryl methyl sites for hydroxylation is 1. The topological polar surface area (TPSA) is 59.3 Å². The van der Waals surface area contributed by atoms with Crippen molar-refractivity contribution in [3.8, 4) is 0 Å². The molecular weight excluding hydrogens is 242 g/mol. The molecule has 0 spiro atoms. The Kier molecular flexibility index (Phi) is 3.26. The van der Waals surface area contributed by atoms with Gasteiger partial charge in [-0.2, -0.15) is 0 Å². The molecule has 19 heavy (non-hydrogen) atoms. The summed E-state index contributed by atoms with van der Waals surface area (Å²) in [4.78, 5) is 4.59. The summed E-state index contributed by atoms with van der Waals surface area (Å²) < 4.78 is 7.30. The molecule has 0 amide bonds. The van der Waals surface area contributed by atoms with E-state index in [0.29, 0.717) is 32.7 Å². The molecule has 0 bridgehead atoms. The molecule has 0 saturated carbocycles. The van der Waals surface area contributed by atoms with E-state index in [4.69, 9.17) is 4.74 Å². The highest BCUT2D eigenvalue weighted by molar-refractivity contribution is 5.75. The fourth-order valence-corrected chi connectivity index (χ4v) is 2.50. The lowest BCUT2D eigenvalue weighted by Crippen LogP contribution is -2.41. The van der Waals surface area contributed by atoms with E-state index in [1.807, 2.05) is 25.2 Å². The predicted octanol–water partition coefficient (Wildman–Crippen LogP) is 0.814. The lowest BCUT2D eigenvalue weighted by Gasteiger charge is -2.20. The Morgan fingerprint density at radius 1 is 1.47 bits per heavy atom. The maximum atomic E-state index is 10.2. The van der Waals surface area contributed by atoms with Crippen molar-refractivity contribution in [2.45, 2.75) is 18.6 Å². The van der Waals surface area contributed by atoms with Crippen molar-refractivity contribution in [2.75, 3.05) is 19.8 Å². The molecule has 1 aliphatic heterocycles. The van der Waals surface area contributed by atoms with Gasteiger partial charge in [0.2, 0.25) is 0 Å². The second-order valence-electron chi connectivity index (χ2n) is 5.21. The number of rotatable bonds is 4. The smallest absolute Gasteiger partial charge is 0.123 e. The second-order valence-corrected chi connectivity index (χ2v) is 5.21. The van der Waals surface area contributed by atoms with Crippen molar-refractivity contribution in [3.63, 3.8) is 0 Å². The van der Waals surface area contributed by atoms with Crippen LogP contribution in [0.25, 0.3) is 11.0 Å². The molecule has 1 atom stereocenters. The molecule has 2 heterocycles. The van der Waals surface area contributed by atoms with E-state index in [9.17, 15) is 5.11 Å². The number of nitrogens with one attached hydrogen (secondary N) is 1. The van der Waals surface area contributed by atoms with E-state index in [-0.39, 0.29) is 0 Å². The van der Waals surface area contributed by atoms with Gasteiger partial charge in [0.1, 0.15) is 11.4 Å². The zero-order chi connectivity index (χ0) is 13.3. The SMILES string of the molecule is Cn1c(CNCC2(O)CCOC2)nc2ccccc21. The summed E-state index contributed by atoms with van der Waals surface area (Å²) >= 11 is 0. The molecule has 0 radical (unpaired) electrons. The molecule has 102 valence electrons. The third-order valence-corrected chi connectivity index (χ3v) is 3.70. The maximum Gasteiger partial charge on any atom is 0.123 e. The van der Waals surface area contributed by atoms with Crippen molar-refractivity contribution in [1.82, 2.24) is 14.9 Å². The van der Waals surface area contributed by atoms with Gasteiger partial charge in [0, 0.05) is 26.6 Å². The first-order valence-electron chi connectivity index (χ1n) is 6.59. The molecule has 1 fully saturated rings. The highest BCUT2D eigenvalue weighted by Gasteiger charge is 2.31. The first-order chi connectivity index (χ1) is 9.18. The molecule has 1 aliphatic rings. The van der Waals surface area contributed by atoms with Crippen molar-refractivity contribution in [2.24, 2.45) is 7.05 Å². The molecule has 1 aromatic carbocycles. The van der Waals surface area contributed by atoms with E-state index in [1.165, 1.54) is 0 Å². The molecule has 3 rings (SSSR count). The molecular formula is C14H19N3O2. The number of aliphatic hydroxyl groups is 1. The summed E-state index contributed by atoms with van der Waals surface area (Å²) in [5.74, 6) is 0.976. The minimum absolute atomic E-state index is 0.419. The zero-order valence-electron chi connectivity index (χ0n) is 11.1. The van der Waals surface area contributed by atoms with Gasteiger partial charge in [-0.25, -0.2) is 4.98 Å². The van der Waals surface area contributed by atoms with Crippen LogP contribution in [0.2, 0.25) is 0 Å². The Balaban J connectivity index is 1.67. The van der Waals surface area contributed by atoms with Crippen LogP contribution in [0.3, 0.4) is 0 Å². The van der Waals surface area contributed by atoms with Crippen molar-refractivity contribution < 1.29 is 9.84 Å². The number of ether oxygens (including phenoxy) is 1. The average Bonchev–Trinajstić information content (AvgIpc) is 2.96. The Hall–Kier alpha value is -1.43. The Bertz CT molecular complexity index is 573. The third-order valence-electron chi connectivity index (χ3n) is 3.70. The molecule has 2 N–H and O–H groups in total.